The van der Waals surface area contributed by atoms with E-state index < -0.39 is 0 Å². The van der Waals surface area contributed by atoms with E-state index in [2.05, 4.69) is 231 Å². The van der Waals surface area contributed by atoms with Crippen LogP contribution >= 0.6 is 0 Å². The Morgan fingerprint density at radius 3 is 1.25 bits per heavy atom. The quantitative estimate of drug-likeness (QED) is 0.164. The summed E-state index contributed by atoms with van der Waals surface area (Å²) in [4.78, 5) is 0. The molecule has 0 amide bonds. The predicted molar refractivity (Wildman–Crippen MR) is 259 cm³/mol. The molecule has 0 bridgehead atoms. The van der Waals surface area contributed by atoms with Crippen molar-refractivity contribution in [2.24, 2.45) is 0 Å². The van der Waals surface area contributed by atoms with Gasteiger partial charge in [-0.1, -0.05) is 194 Å². The maximum absolute atomic E-state index is 2.44. The lowest BCUT2D eigenvalue weighted by atomic mass is 9.85. The molecule has 0 nitrogen and oxygen atoms in total. The molecule has 0 fully saturated rings. The third-order valence-electron chi connectivity index (χ3n) is 12.6. The molecule has 0 heteroatoms. The minimum atomic E-state index is 1.21. The van der Waals surface area contributed by atoms with Crippen LogP contribution in [0.5, 0.6) is 0 Å². The lowest BCUT2D eigenvalue weighted by Gasteiger charge is -2.18. The zero-order chi connectivity index (χ0) is 39.6. The first-order valence-electron chi connectivity index (χ1n) is 20.8. The van der Waals surface area contributed by atoms with Gasteiger partial charge in [-0.15, -0.1) is 0 Å². The van der Waals surface area contributed by atoms with Gasteiger partial charge < -0.3 is 0 Å². The van der Waals surface area contributed by atoms with Gasteiger partial charge in [-0.2, -0.15) is 0 Å². The second kappa shape index (κ2) is 13.9. The van der Waals surface area contributed by atoms with Gasteiger partial charge >= 0.3 is 0 Å². The van der Waals surface area contributed by atoms with Crippen molar-refractivity contribution in [3.05, 3.63) is 231 Å². The monoisotopic (exact) mass is 758 g/mol. The van der Waals surface area contributed by atoms with Crippen LogP contribution in [0.25, 0.3) is 120 Å². The van der Waals surface area contributed by atoms with Crippen molar-refractivity contribution in [1.29, 1.82) is 0 Å². The summed E-state index contributed by atoms with van der Waals surface area (Å²) < 4.78 is 0. The Hall–Kier alpha value is -7.80. The molecule has 0 aliphatic heterocycles. The fourth-order valence-corrected chi connectivity index (χ4v) is 9.61. The van der Waals surface area contributed by atoms with Crippen LogP contribution in [0.15, 0.2) is 231 Å². The van der Waals surface area contributed by atoms with E-state index in [4.69, 9.17) is 0 Å². The first kappa shape index (κ1) is 34.3. The number of rotatable bonds is 5. The van der Waals surface area contributed by atoms with Gasteiger partial charge in [0.15, 0.2) is 0 Å². The SMILES string of the molecule is c1ccc2cc(-c3ccc4c(-c5ccc6ccccc6c5)ccc(-c5cc(-c6cccc7ccccc67)cc6cc(-c7cccc8ccccc78)ccc56)c4c3)ccc2c1. The molecule has 0 saturated carbocycles. The second-order valence-electron chi connectivity index (χ2n) is 16.1. The molecule has 0 N–H and O–H groups in total. The molecule has 12 rings (SSSR count). The van der Waals surface area contributed by atoms with Gasteiger partial charge in [0.1, 0.15) is 0 Å². The molecule has 0 unspecified atom stereocenters. The summed E-state index contributed by atoms with van der Waals surface area (Å²) in [5, 5.41) is 14.9. The fraction of sp³-hybridized carbons (Fsp3) is 0. The minimum Gasteiger partial charge on any atom is -0.0616 e. The first-order valence-corrected chi connectivity index (χ1v) is 20.8. The summed E-state index contributed by atoms with van der Waals surface area (Å²) in [6, 6.07) is 85.5. The van der Waals surface area contributed by atoms with Crippen molar-refractivity contribution >= 4 is 64.6 Å². The summed E-state index contributed by atoms with van der Waals surface area (Å²) in [7, 11) is 0. The number of benzene rings is 12. The van der Waals surface area contributed by atoms with Crippen LogP contribution in [0.3, 0.4) is 0 Å². The smallest absolute Gasteiger partial charge is 0.00928 e. The summed E-state index contributed by atoms with van der Waals surface area (Å²) in [5.41, 5.74) is 12.2. The van der Waals surface area contributed by atoms with E-state index in [1.165, 1.54) is 120 Å². The lowest BCUT2D eigenvalue weighted by molar-refractivity contribution is 1.63. The number of hydrogen-bond donors (Lipinski definition) is 0. The van der Waals surface area contributed by atoms with Crippen molar-refractivity contribution in [2.75, 3.05) is 0 Å². The molecule has 0 aliphatic rings. The molecule has 0 aliphatic carbocycles. The molecule has 12 aromatic rings. The van der Waals surface area contributed by atoms with E-state index in [1.807, 2.05) is 0 Å². The molecule has 0 saturated heterocycles. The van der Waals surface area contributed by atoms with E-state index in [9.17, 15) is 0 Å². The van der Waals surface area contributed by atoms with Crippen molar-refractivity contribution in [3.8, 4) is 55.6 Å². The molecule has 278 valence electrons. The highest BCUT2D eigenvalue weighted by Gasteiger charge is 2.17. The van der Waals surface area contributed by atoms with Gasteiger partial charge in [0.05, 0.1) is 0 Å². The van der Waals surface area contributed by atoms with Crippen molar-refractivity contribution in [1.82, 2.24) is 0 Å². The highest BCUT2D eigenvalue weighted by Crippen LogP contribution is 2.44. The minimum absolute atomic E-state index is 1.21. The topological polar surface area (TPSA) is 0 Å². The molecule has 0 aromatic heterocycles. The van der Waals surface area contributed by atoms with Gasteiger partial charge in [0.25, 0.3) is 0 Å². The van der Waals surface area contributed by atoms with E-state index in [-0.39, 0.29) is 0 Å². The van der Waals surface area contributed by atoms with Gasteiger partial charge in [-0.05, 0) is 157 Å². The van der Waals surface area contributed by atoms with E-state index in [0.717, 1.165) is 0 Å². The largest absolute Gasteiger partial charge is 0.0616 e. The van der Waals surface area contributed by atoms with Gasteiger partial charge in [0, 0.05) is 0 Å². The summed E-state index contributed by atoms with van der Waals surface area (Å²) in [6.07, 6.45) is 0. The summed E-state index contributed by atoms with van der Waals surface area (Å²) in [5.74, 6) is 0. The third kappa shape index (κ3) is 5.76. The normalized spacial score (nSPS) is 11.7. The van der Waals surface area contributed by atoms with Crippen LogP contribution in [0.1, 0.15) is 0 Å². The Bertz CT molecular complexity index is 3650. The van der Waals surface area contributed by atoms with Gasteiger partial charge in [0.2, 0.25) is 0 Å². The summed E-state index contributed by atoms with van der Waals surface area (Å²) >= 11 is 0. The van der Waals surface area contributed by atoms with E-state index in [1.54, 1.807) is 0 Å². The average Bonchev–Trinajstić information content (AvgIpc) is 3.32. The standard InChI is InChI=1S/C60H38/c1-3-15-43-33-45(25-23-39(43)11-1)46-27-30-57-55(47-26-24-40-12-2-4-16-44(40)34-47)31-32-58(60(57)37-46)59-38-50(54-22-10-18-42-14-6-8-20-52(42)54)36-49-35-48(28-29-56(49)59)53-21-9-17-41-13-5-7-19-51(41)53/h1-38H. The van der Waals surface area contributed by atoms with E-state index in [0.29, 0.717) is 0 Å². The van der Waals surface area contributed by atoms with Crippen LogP contribution in [0, 0.1) is 0 Å². The van der Waals surface area contributed by atoms with Crippen LogP contribution < -0.4 is 0 Å². The Morgan fingerprint density at radius 1 is 0.150 bits per heavy atom. The molecular formula is C60H38. The Kier molecular flexibility index (Phi) is 7.96. The molecule has 60 heavy (non-hydrogen) atoms. The molecule has 0 atom stereocenters. The molecular weight excluding hydrogens is 721 g/mol. The van der Waals surface area contributed by atoms with Gasteiger partial charge in [-0.3, -0.25) is 0 Å². The van der Waals surface area contributed by atoms with Crippen molar-refractivity contribution in [2.45, 2.75) is 0 Å². The Morgan fingerprint density at radius 2 is 0.567 bits per heavy atom. The highest BCUT2D eigenvalue weighted by molar-refractivity contribution is 6.14. The third-order valence-corrected chi connectivity index (χ3v) is 12.6. The zero-order valence-electron chi connectivity index (χ0n) is 32.9. The van der Waals surface area contributed by atoms with Crippen molar-refractivity contribution < 1.29 is 0 Å². The van der Waals surface area contributed by atoms with Crippen LogP contribution in [-0.4, -0.2) is 0 Å². The van der Waals surface area contributed by atoms with E-state index >= 15 is 0 Å². The predicted octanol–water partition coefficient (Wildman–Crippen LogP) is 16.9. The highest BCUT2D eigenvalue weighted by atomic mass is 14.2. The number of fused-ring (bicyclic) bond motifs is 6. The number of hydrogen-bond acceptors (Lipinski definition) is 0. The first-order chi connectivity index (χ1) is 29.7. The van der Waals surface area contributed by atoms with Crippen LogP contribution in [0.2, 0.25) is 0 Å². The molecule has 0 spiro atoms. The Balaban J connectivity index is 1.14. The van der Waals surface area contributed by atoms with Crippen LogP contribution in [-0.2, 0) is 0 Å². The molecule has 12 aromatic carbocycles. The zero-order valence-corrected chi connectivity index (χ0v) is 32.9. The average molecular weight is 759 g/mol. The lowest BCUT2D eigenvalue weighted by Crippen LogP contribution is -1.91. The Labute approximate surface area is 349 Å². The summed E-state index contributed by atoms with van der Waals surface area (Å²) in [6.45, 7) is 0. The maximum Gasteiger partial charge on any atom is -0.00928 e. The van der Waals surface area contributed by atoms with Crippen molar-refractivity contribution in [3.63, 3.8) is 0 Å². The second-order valence-corrected chi connectivity index (χ2v) is 16.1. The molecule has 0 heterocycles. The van der Waals surface area contributed by atoms with Crippen LogP contribution in [0.4, 0.5) is 0 Å². The molecule has 0 radical (unpaired) electrons. The fourth-order valence-electron chi connectivity index (χ4n) is 9.61. The maximum atomic E-state index is 2.44. The van der Waals surface area contributed by atoms with Gasteiger partial charge in [-0.25, -0.2) is 0 Å².